The molecule has 136 valence electrons. The van der Waals surface area contributed by atoms with E-state index >= 15 is 0 Å². The number of amides is 3. The van der Waals surface area contributed by atoms with E-state index in [0.717, 1.165) is 6.42 Å². The third kappa shape index (κ3) is 3.11. The van der Waals surface area contributed by atoms with Crippen LogP contribution in [0.1, 0.15) is 18.4 Å². The fraction of sp³-hybridized carbons (Fsp3) is 0.294. The second-order valence-electron chi connectivity index (χ2n) is 5.83. The van der Waals surface area contributed by atoms with Gasteiger partial charge in [-0.1, -0.05) is 18.2 Å². The summed E-state index contributed by atoms with van der Waals surface area (Å²) in [6, 6.07) is 7.04. The number of fused-ring (bicyclic) bond motifs is 1. The molecule has 0 aromatic heterocycles. The molecule has 1 fully saturated rings. The van der Waals surface area contributed by atoms with Crippen molar-refractivity contribution in [3.05, 3.63) is 34.7 Å². The summed E-state index contributed by atoms with van der Waals surface area (Å²) in [5.41, 5.74) is 6.91. The molecule has 8 nitrogen and oxygen atoms in total. The second-order valence-corrected chi connectivity index (χ2v) is 6.79. The first-order chi connectivity index (χ1) is 12.5. The highest BCUT2D eigenvalue weighted by Gasteiger charge is 2.43. The van der Waals surface area contributed by atoms with Crippen molar-refractivity contribution in [1.82, 2.24) is 4.90 Å². The predicted molar refractivity (Wildman–Crippen MR) is 96.3 cm³/mol. The Balaban J connectivity index is 2.01. The number of carboxylic acid groups (broad SMARTS) is 1. The zero-order valence-electron chi connectivity index (χ0n) is 13.8. The predicted octanol–water partition coefficient (Wildman–Crippen LogP) is 1.26. The quantitative estimate of drug-likeness (QED) is 0.567. The smallest absolute Gasteiger partial charge is 0.323 e. The van der Waals surface area contributed by atoms with E-state index in [-0.39, 0.29) is 16.4 Å². The monoisotopic (exact) mass is 375 g/mol. The number of carboxylic acids is 1. The van der Waals surface area contributed by atoms with Gasteiger partial charge in [-0.3, -0.25) is 24.1 Å². The molecule has 0 atom stereocenters. The van der Waals surface area contributed by atoms with Crippen molar-refractivity contribution < 1.29 is 24.3 Å². The van der Waals surface area contributed by atoms with Gasteiger partial charge >= 0.3 is 5.97 Å². The minimum absolute atomic E-state index is 0.0185. The summed E-state index contributed by atoms with van der Waals surface area (Å²) < 4.78 is 0. The lowest BCUT2D eigenvalue weighted by Crippen LogP contribution is -2.34. The molecule has 0 saturated carbocycles. The van der Waals surface area contributed by atoms with Crippen molar-refractivity contribution >= 4 is 46.0 Å². The molecule has 0 bridgehead atoms. The summed E-state index contributed by atoms with van der Waals surface area (Å²) in [6.07, 6.45) is 1.47. The first-order valence-electron chi connectivity index (χ1n) is 8.06. The van der Waals surface area contributed by atoms with E-state index in [1.807, 2.05) is 0 Å². The van der Waals surface area contributed by atoms with Gasteiger partial charge in [0.05, 0.1) is 16.2 Å². The van der Waals surface area contributed by atoms with E-state index in [1.54, 1.807) is 29.2 Å². The highest BCUT2D eigenvalue weighted by Crippen LogP contribution is 2.44. The van der Waals surface area contributed by atoms with Gasteiger partial charge in [-0.05, 0) is 37.2 Å². The molecule has 1 aromatic rings. The normalized spacial score (nSPS) is 19.5. The van der Waals surface area contributed by atoms with Crippen LogP contribution in [0.4, 0.5) is 10.5 Å². The van der Waals surface area contributed by atoms with Crippen molar-refractivity contribution in [3.8, 4) is 0 Å². The molecule has 1 saturated heterocycles. The Morgan fingerprint density at radius 3 is 2.50 bits per heavy atom. The molecular weight excluding hydrogens is 358 g/mol. The van der Waals surface area contributed by atoms with Crippen LogP contribution in [-0.4, -0.2) is 52.7 Å². The van der Waals surface area contributed by atoms with Gasteiger partial charge in [0, 0.05) is 12.1 Å². The number of anilines is 1. The van der Waals surface area contributed by atoms with Crippen LogP contribution in [-0.2, 0) is 14.4 Å². The molecule has 3 N–H and O–H groups in total. The Kier molecular flexibility index (Phi) is 5.10. The summed E-state index contributed by atoms with van der Waals surface area (Å²) in [6.45, 7) is 0.248. The maximum absolute atomic E-state index is 12.9. The van der Waals surface area contributed by atoms with E-state index in [2.05, 4.69) is 0 Å². The number of carbonyl (C=O) groups is 4. The first-order valence-corrected chi connectivity index (χ1v) is 8.88. The number of thioether (sulfide) groups is 1. The molecule has 0 unspecified atom stereocenters. The van der Waals surface area contributed by atoms with Gasteiger partial charge in [0.1, 0.15) is 6.54 Å². The maximum atomic E-state index is 12.9. The summed E-state index contributed by atoms with van der Waals surface area (Å²) >= 11 is 0.605. The number of hydrogen-bond acceptors (Lipinski definition) is 6. The van der Waals surface area contributed by atoms with Crippen LogP contribution in [0.3, 0.4) is 0 Å². The standard InChI is InChI=1S/C17H17N3O5S/c18-7-3-4-8-19-11-6-2-1-5-10(11)13(15(19)23)14-16(24)20(9-12(21)22)17(25)26-14/h1-2,5-6H,3-4,7-9,18H2,(H,21,22)/b14-13-. The number of benzene rings is 1. The van der Waals surface area contributed by atoms with E-state index in [1.165, 1.54) is 0 Å². The van der Waals surface area contributed by atoms with Gasteiger partial charge in [0.15, 0.2) is 0 Å². The largest absolute Gasteiger partial charge is 0.480 e. The van der Waals surface area contributed by atoms with E-state index in [4.69, 9.17) is 10.8 Å². The Bertz CT molecular complexity index is 835. The molecule has 0 radical (unpaired) electrons. The third-order valence-electron chi connectivity index (χ3n) is 4.13. The summed E-state index contributed by atoms with van der Waals surface area (Å²) in [5, 5.41) is 8.19. The molecule has 2 heterocycles. The summed E-state index contributed by atoms with van der Waals surface area (Å²) in [5.74, 6) is -2.39. The van der Waals surface area contributed by atoms with Crippen LogP contribution in [0.5, 0.6) is 0 Å². The van der Waals surface area contributed by atoms with E-state index in [0.29, 0.717) is 47.4 Å². The fourth-order valence-electron chi connectivity index (χ4n) is 2.96. The molecule has 2 aliphatic heterocycles. The molecule has 0 spiro atoms. The van der Waals surface area contributed by atoms with Crippen LogP contribution >= 0.6 is 11.8 Å². The molecular formula is C17H17N3O5S. The number of rotatable bonds is 6. The Morgan fingerprint density at radius 2 is 1.81 bits per heavy atom. The van der Waals surface area contributed by atoms with E-state index < -0.39 is 23.7 Å². The molecule has 26 heavy (non-hydrogen) atoms. The highest BCUT2D eigenvalue weighted by atomic mass is 32.2. The van der Waals surface area contributed by atoms with Crippen molar-refractivity contribution in [2.24, 2.45) is 5.73 Å². The highest BCUT2D eigenvalue weighted by molar-refractivity contribution is 8.18. The lowest BCUT2D eigenvalue weighted by molar-refractivity contribution is -0.140. The molecule has 0 aliphatic carbocycles. The number of nitrogens with two attached hydrogens (primary N) is 1. The number of unbranched alkanes of at least 4 members (excludes halogenated alkanes) is 1. The van der Waals surface area contributed by atoms with Gasteiger partial charge < -0.3 is 15.7 Å². The molecule has 3 amide bonds. The second kappa shape index (κ2) is 7.30. The van der Waals surface area contributed by atoms with Gasteiger partial charge in [-0.2, -0.15) is 0 Å². The van der Waals surface area contributed by atoms with E-state index in [9.17, 15) is 19.2 Å². The van der Waals surface area contributed by atoms with Gasteiger partial charge in [0.25, 0.3) is 17.1 Å². The van der Waals surface area contributed by atoms with Crippen LogP contribution in [0.15, 0.2) is 29.2 Å². The lowest BCUT2D eigenvalue weighted by atomic mass is 10.1. The number of aliphatic carboxylic acids is 1. The number of carbonyl (C=O) groups excluding carboxylic acids is 3. The van der Waals surface area contributed by atoms with Crippen molar-refractivity contribution in [2.45, 2.75) is 12.8 Å². The number of imide groups is 1. The molecule has 2 aliphatic rings. The Hall–Kier alpha value is -2.65. The summed E-state index contributed by atoms with van der Waals surface area (Å²) in [4.78, 5) is 50.6. The molecule has 3 rings (SSSR count). The van der Waals surface area contributed by atoms with Crippen LogP contribution < -0.4 is 10.6 Å². The zero-order valence-corrected chi connectivity index (χ0v) is 14.6. The van der Waals surface area contributed by atoms with Gasteiger partial charge in [-0.25, -0.2) is 0 Å². The summed E-state index contributed by atoms with van der Waals surface area (Å²) in [7, 11) is 0. The van der Waals surface area contributed by atoms with Crippen molar-refractivity contribution in [1.29, 1.82) is 0 Å². The lowest BCUT2D eigenvalue weighted by Gasteiger charge is -2.16. The SMILES string of the molecule is NCCCCN1C(=O)/C(=C2\SC(=O)N(CC(=O)O)C2=O)c2ccccc21. The van der Waals surface area contributed by atoms with Crippen LogP contribution in [0.25, 0.3) is 5.57 Å². The van der Waals surface area contributed by atoms with Crippen LogP contribution in [0.2, 0.25) is 0 Å². The zero-order chi connectivity index (χ0) is 18.8. The number of para-hydroxylation sites is 1. The van der Waals surface area contributed by atoms with Crippen LogP contribution in [0, 0.1) is 0 Å². The first kappa shape index (κ1) is 18.2. The minimum atomic E-state index is -1.29. The topological polar surface area (TPSA) is 121 Å². The average molecular weight is 375 g/mol. The van der Waals surface area contributed by atoms with Crippen molar-refractivity contribution in [2.75, 3.05) is 24.5 Å². The van der Waals surface area contributed by atoms with Gasteiger partial charge in [0.2, 0.25) is 0 Å². The fourth-order valence-corrected chi connectivity index (χ4v) is 3.89. The number of hydrogen-bond donors (Lipinski definition) is 2. The molecule has 9 heteroatoms. The van der Waals surface area contributed by atoms with Gasteiger partial charge in [-0.15, -0.1) is 0 Å². The Labute approximate surface area is 153 Å². The minimum Gasteiger partial charge on any atom is -0.480 e. The third-order valence-corrected chi connectivity index (χ3v) is 5.11. The number of nitrogens with zero attached hydrogens (tertiary/aromatic N) is 2. The Morgan fingerprint density at radius 1 is 1.08 bits per heavy atom. The van der Waals surface area contributed by atoms with Crippen molar-refractivity contribution in [3.63, 3.8) is 0 Å². The maximum Gasteiger partial charge on any atom is 0.323 e. The molecule has 1 aromatic carbocycles. The average Bonchev–Trinajstić information content (AvgIpc) is 3.03.